The smallest absolute Gasteiger partial charge is 0.305 e. The van der Waals surface area contributed by atoms with Crippen LogP contribution in [0.2, 0.25) is 0 Å². The van der Waals surface area contributed by atoms with E-state index < -0.39 is 0 Å². The van der Waals surface area contributed by atoms with Crippen LogP contribution in [-0.4, -0.2) is 77.9 Å². The summed E-state index contributed by atoms with van der Waals surface area (Å²) in [6, 6.07) is 0. The maximum atomic E-state index is 11.0. The minimum Gasteiger partial charge on any atom is -0.469 e. The van der Waals surface area contributed by atoms with Crippen LogP contribution in [0.4, 0.5) is 0 Å². The fourth-order valence-corrected chi connectivity index (χ4v) is 1.88. The number of guanidine groups is 1. The van der Waals surface area contributed by atoms with Crippen molar-refractivity contribution in [1.29, 1.82) is 0 Å². The van der Waals surface area contributed by atoms with Crippen LogP contribution in [0, 0.1) is 0 Å². The van der Waals surface area contributed by atoms with E-state index in [1.54, 1.807) is 14.2 Å². The van der Waals surface area contributed by atoms with Crippen LogP contribution in [-0.2, 0) is 14.3 Å². The second kappa shape index (κ2) is 17.7. The Balaban J connectivity index is 0. The molecular formula is C15H33IN4O3. The van der Waals surface area contributed by atoms with E-state index in [1.165, 1.54) is 7.11 Å². The quantitative estimate of drug-likeness (QED) is 0.154. The first kappa shape index (κ1) is 24.6. The van der Waals surface area contributed by atoms with Gasteiger partial charge in [-0.15, -0.1) is 24.0 Å². The number of methoxy groups -OCH3 is 2. The summed E-state index contributed by atoms with van der Waals surface area (Å²) >= 11 is 0. The van der Waals surface area contributed by atoms with Crippen LogP contribution in [0.5, 0.6) is 0 Å². The Morgan fingerprint density at radius 3 is 2.39 bits per heavy atom. The van der Waals surface area contributed by atoms with E-state index in [9.17, 15) is 4.79 Å². The number of unbranched alkanes of at least 4 members (excludes halogenated alkanes) is 1. The van der Waals surface area contributed by atoms with E-state index in [-0.39, 0.29) is 29.9 Å². The minimum absolute atomic E-state index is 0. The molecule has 0 heterocycles. The predicted octanol–water partition coefficient (Wildman–Crippen LogP) is 1.08. The number of halogens is 1. The number of aliphatic imine (C=N–C) groups is 1. The van der Waals surface area contributed by atoms with Crippen LogP contribution in [0.15, 0.2) is 4.99 Å². The molecule has 23 heavy (non-hydrogen) atoms. The number of nitrogens with zero attached hydrogens (tertiary/aromatic N) is 2. The summed E-state index contributed by atoms with van der Waals surface area (Å²) in [7, 11) is 6.99. The molecule has 0 aromatic rings. The van der Waals surface area contributed by atoms with Crippen LogP contribution < -0.4 is 10.6 Å². The zero-order chi connectivity index (χ0) is 16.6. The normalized spacial score (nSPS) is 11.1. The number of hydrogen-bond acceptors (Lipinski definition) is 5. The molecule has 0 saturated carbocycles. The topological polar surface area (TPSA) is 75.2 Å². The van der Waals surface area contributed by atoms with Gasteiger partial charge in [0.25, 0.3) is 0 Å². The number of rotatable bonds is 12. The Bertz CT molecular complexity index is 317. The molecule has 0 aliphatic heterocycles. The van der Waals surface area contributed by atoms with Crippen molar-refractivity contribution >= 4 is 35.9 Å². The maximum absolute atomic E-state index is 11.0. The number of likely N-dealkylation sites (N-methyl/N-ethyl adjacent to an activating group) is 1. The van der Waals surface area contributed by atoms with Crippen LogP contribution in [0.3, 0.4) is 0 Å². The molecule has 0 fully saturated rings. The van der Waals surface area contributed by atoms with Gasteiger partial charge in [-0.25, -0.2) is 0 Å². The molecule has 0 aliphatic rings. The summed E-state index contributed by atoms with van der Waals surface area (Å²) in [4.78, 5) is 17.4. The molecule has 0 saturated heterocycles. The second-order valence-electron chi connectivity index (χ2n) is 5.11. The molecule has 0 amide bonds. The predicted molar refractivity (Wildman–Crippen MR) is 105 cm³/mol. The first-order valence-corrected chi connectivity index (χ1v) is 7.82. The van der Waals surface area contributed by atoms with Gasteiger partial charge in [-0.2, -0.15) is 0 Å². The molecular weight excluding hydrogens is 411 g/mol. The van der Waals surface area contributed by atoms with E-state index in [4.69, 9.17) is 4.74 Å². The minimum atomic E-state index is -0.154. The van der Waals surface area contributed by atoms with Crippen LogP contribution in [0.1, 0.15) is 25.7 Å². The Morgan fingerprint density at radius 1 is 1.09 bits per heavy atom. The molecule has 138 valence electrons. The van der Waals surface area contributed by atoms with Gasteiger partial charge in [0.1, 0.15) is 0 Å². The van der Waals surface area contributed by atoms with Gasteiger partial charge in [0.2, 0.25) is 0 Å². The molecule has 0 rings (SSSR count). The molecule has 0 bridgehead atoms. The van der Waals surface area contributed by atoms with Crippen molar-refractivity contribution in [2.24, 2.45) is 4.99 Å². The summed E-state index contributed by atoms with van der Waals surface area (Å²) in [5.41, 5.74) is 0. The van der Waals surface area contributed by atoms with Crippen molar-refractivity contribution in [2.75, 3.05) is 61.1 Å². The zero-order valence-electron chi connectivity index (χ0n) is 14.9. The molecule has 0 unspecified atom stereocenters. The van der Waals surface area contributed by atoms with E-state index in [0.29, 0.717) is 6.42 Å². The summed E-state index contributed by atoms with van der Waals surface area (Å²) in [5.74, 6) is 0.641. The number of esters is 1. The number of nitrogens with one attached hydrogen (secondary N) is 2. The average molecular weight is 444 g/mol. The lowest BCUT2D eigenvalue weighted by Gasteiger charge is -2.18. The van der Waals surface area contributed by atoms with Gasteiger partial charge in [0.15, 0.2) is 5.96 Å². The molecule has 0 aromatic heterocycles. The molecule has 0 atom stereocenters. The molecule has 8 heteroatoms. The maximum Gasteiger partial charge on any atom is 0.305 e. The van der Waals surface area contributed by atoms with Crippen molar-refractivity contribution in [3.8, 4) is 0 Å². The highest BCUT2D eigenvalue weighted by atomic mass is 127. The lowest BCUT2D eigenvalue weighted by atomic mass is 10.2. The monoisotopic (exact) mass is 444 g/mol. The first-order valence-electron chi connectivity index (χ1n) is 7.82. The Kier molecular flexibility index (Phi) is 19.0. The second-order valence-corrected chi connectivity index (χ2v) is 5.11. The van der Waals surface area contributed by atoms with E-state index >= 15 is 0 Å². The molecule has 0 spiro atoms. The third-order valence-corrected chi connectivity index (χ3v) is 3.23. The number of ether oxygens (including phenoxy) is 2. The van der Waals surface area contributed by atoms with Gasteiger partial charge in [-0.05, 0) is 26.3 Å². The van der Waals surface area contributed by atoms with E-state index in [1.807, 2.05) is 0 Å². The summed E-state index contributed by atoms with van der Waals surface area (Å²) in [6.45, 7) is 4.40. The number of carbonyl (C=O) groups excluding carboxylic acids is 1. The molecule has 7 nitrogen and oxygen atoms in total. The van der Waals surface area contributed by atoms with Gasteiger partial charge in [-0.1, -0.05) is 0 Å². The average Bonchev–Trinajstić information content (AvgIpc) is 2.52. The van der Waals surface area contributed by atoms with Gasteiger partial charge in [-0.3, -0.25) is 9.79 Å². The highest BCUT2D eigenvalue weighted by Crippen LogP contribution is 1.95. The third kappa shape index (κ3) is 16.0. The van der Waals surface area contributed by atoms with Gasteiger partial charge in [0.05, 0.1) is 7.11 Å². The van der Waals surface area contributed by atoms with E-state index in [2.05, 4.69) is 32.3 Å². The Morgan fingerprint density at radius 2 is 1.78 bits per heavy atom. The zero-order valence-corrected chi connectivity index (χ0v) is 17.2. The lowest BCUT2D eigenvalue weighted by Crippen LogP contribution is -2.41. The summed E-state index contributed by atoms with van der Waals surface area (Å²) < 4.78 is 9.64. The Hall–Kier alpha value is -0.610. The number of hydrogen-bond donors (Lipinski definition) is 2. The van der Waals surface area contributed by atoms with Gasteiger partial charge >= 0.3 is 5.97 Å². The van der Waals surface area contributed by atoms with Crippen molar-refractivity contribution in [3.05, 3.63) is 0 Å². The van der Waals surface area contributed by atoms with Crippen molar-refractivity contribution in [1.82, 2.24) is 15.5 Å². The van der Waals surface area contributed by atoms with Crippen molar-refractivity contribution in [2.45, 2.75) is 25.7 Å². The fourth-order valence-electron chi connectivity index (χ4n) is 1.88. The van der Waals surface area contributed by atoms with Crippen LogP contribution in [0.25, 0.3) is 0 Å². The van der Waals surface area contributed by atoms with Gasteiger partial charge < -0.3 is 25.0 Å². The number of carbonyl (C=O) groups is 1. The fraction of sp³-hybridized carbons (Fsp3) is 0.867. The SMILES string of the molecule is CN=C(NCCCCC(=O)OC)NCCN(C)CCCOC.I. The summed E-state index contributed by atoms with van der Waals surface area (Å²) in [5, 5.41) is 6.51. The molecule has 0 radical (unpaired) electrons. The standard InChI is InChI=1S/C15H32N4O3.HI/c1-16-15(17-9-6-5-8-14(20)22-4)18-10-12-19(2)11-7-13-21-3;/h5-13H2,1-4H3,(H2,16,17,18);1H. The molecule has 0 aliphatic carbocycles. The summed E-state index contributed by atoms with van der Waals surface area (Å²) in [6.07, 6.45) is 3.24. The largest absolute Gasteiger partial charge is 0.469 e. The van der Waals surface area contributed by atoms with Crippen molar-refractivity contribution < 1.29 is 14.3 Å². The van der Waals surface area contributed by atoms with Crippen molar-refractivity contribution in [3.63, 3.8) is 0 Å². The molecule has 0 aromatic carbocycles. The van der Waals surface area contributed by atoms with E-state index in [0.717, 1.165) is 58.0 Å². The molecule has 2 N–H and O–H groups in total. The highest BCUT2D eigenvalue weighted by molar-refractivity contribution is 14.0. The first-order chi connectivity index (χ1) is 10.6. The highest BCUT2D eigenvalue weighted by Gasteiger charge is 2.02. The lowest BCUT2D eigenvalue weighted by molar-refractivity contribution is -0.140. The Labute approximate surface area is 157 Å². The van der Waals surface area contributed by atoms with Crippen LogP contribution >= 0.6 is 24.0 Å². The third-order valence-electron chi connectivity index (χ3n) is 3.23. The van der Waals surface area contributed by atoms with Gasteiger partial charge in [0, 0.05) is 53.4 Å².